The zero-order valence-corrected chi connectivity index (χ0v) is 8.33. The summed E-state index contributed by atoms with van der Waals surface area (Å²) in [5.74, 6) is 0.119. The van der Waals surface area contributed by atoms with Crippen molar-refractivity contribution in [3.63, 3.8) is 0 Å². The fourth-order valence-corrected chi connectivity index (χ4v) is 1.98. The molecule has 1 N–H and O–H groups in total. The van der Waals surface area contributed by atoms with E-state index in [0.717, 1.165) is 25.4 Å². The van der Waals surface area contributed by atoms with Crippen LogP contribution in [0.2, 0.25) is 0 Å². The van der Waals surface area contributed by atoms with E-state index in [1.54, 1.807) is 0 Å². The fourth-order valence-electron chi connectivity index (χ4n) is 1.98. The second kappa shape index (κ2) is 5.22. The maximum absolute atomic E-state index is 10.5. The first-order valence-electron chi connectivity index (χ1n) is 5.16. The highest BCUT2D eigenvalue weighted by Gasteiger charge is 2.16. The van der Waals surface area contributed by atoms with Gasteiger partial charge in [-0.3, -0.25) is 9.69 Å². The number of carbonyl (C=O) groups is 1. The van der Waals surface area contributed by atoms with Gasteiger partial charge in [-0.05, 0) is 38.3 Å². The van der Waals surface area contributed by atoms with Gasteiger partial charge in [0, 0.05) is 0 Å². The van der Waals surface area contributed by atoms with Gasteiger partial charge in [0.05, 0.1) is 6.54 Å². The minimum absolute atomic E-state index is 0.219. The topological polar surface area (TPSA) is 40.5 Å². The molecule has 0 aliphatic carbocycles. The Balaban J connectivity index is 2.31. The molecule has 1 saturated heterocycles. The minimum Gasteiger partial charge on any atom is -0.480 e. The Labute approximate surface area is 79.7 Å². The van der Waals surface area contributed by atoms with E-state index < -0.39 is 5.97 Å². The lowest BCUT2D eigenvalue weighted by Gasteiger charge is -2.16. The van der Waals surface area contributed by atoms with E-state index in [1.165, 1.54) is 19.3 Å². The van der Waals surface area contributed by atoms with Crippen molar-refractivity contribution in [2.24, 2.45) is 5.92 Å². The smallest absolute Gasteiger partial charge is 0.317 e. The summed E-state index contributed by atoms with van der Waals surface area (Å²) < 4.78 is 0. The molecular weight excluding hydrogens is 166 g/mol. The third-order valence-corrected chi connectivity index (χ3v) is 2.88. The molecule has 1 rings (SSSR count). The molecule has 0 aromatic heterocycles. The van der Waals surface area contributed by atoms with Crippen LogP contribution in [0.3, 0.4) is 0 Å². The van der Waals surface area contributed by atoms with Crippen molar-refractivity contribution in [1.29, 1.82) is 0 Å². The van der Waals surface area contributed by atoms with Crippen LogP contribution in [0.25, 0.3) is 0 Å². The number of hydrogen-bond donors (Lipinski definition) is 1. The van der Waals surface area contributed by atoms with E-state index in [0.29, 0.717) is 0 Å². The zero-order valence-electron chi connectivity index (χ0n) is 8.33. The number of carboxylic acids is 1. The highest BCUT2D eigenvalue weighted by molar-refractivity contribution is 5.69. The second-order valence-corrected chi connectivity index (χ2v) is 3.88. The lowest BCUT2D eigenvalue weighted by atomic mass is 9.98. The summed E-state index contributed by atoms with van der Waals surface area (Å²) in [5, 5.41) is 8.64. The van der Waals surface area contributed by atoms with E-state index in [4.69, 9.17) is 5.11 Å². The van der Waals surface area contributed by atoms with Crippen LogP contribution in [0, 0.1) is 5.92 Å². The van der Waals surface area contributed by atoms with Crippen molar-refractivity contribution in [1.82, 2.24) is 4.90 Å². The van der Waals surface area contributed by atoms with Crippen LogP contribution in [0.4, 0.5) is 0 Å². The summed E-state index contributed by atoms with van der Waals surface area (Å²) in [6.45, 7) is 4.36. The van der Waals surface area contributed by atoms with Gasteiger partial charge in [-0.1, -0.05) is 13.3 Å². The molecule has 1 fully saturated rings. The summed E-state index contributed by atoms with van der Waals surface area (Å²) in [6.07, 6.45) is 4.84. The number of rotatable bonds is 3. The number of likely N-dealkylation sites (tertiary alicyclic amines) is 1. The quantitative estimate of drug-likeness (QED) is 0.725. The van der Waals surface area contributed by atoms with Gasteiger partial charge < -0.3 is 5.11 Å². The average molecular weight is 185 g/mol. The highest BCUT2D eigenvalue weighted by Crippen LogP contribution is 2.19. The van der Waals surface area contributed by atoms with Crippen molar-refractivity contribution in [3.8, 4) is 0 Å². The number of hydrogen-bond acceptors (Lipinski definition) is 2. The van der Waals surface area contributed by atoms with E-state index in [-0.39, 0.29) is 6.54 Å². The Kier molecular flexibility index (Phi) is 4.22. The standard InChI is InChI=1S/C10H19NO2/c1-2-9-4-3-6-11(7-5-9)8-10(12)13/h9H,2-8H2,1H3,(H,12,13). The molecule has 76 valence electrons. The SMILES string of the molecule is CCC1CCCN(CC(=O)O)CC1. The lowest BCUT2D eigenvalue weighted by molar-refractivity contribution is -0.138. The first-order valence-corrected chi connectivity index (χ1v) is 5.16. The summed E-state index contributed by atoms with van der Waals surface area (Å²) in [4.78, 5) is 12.5. The van der Waals surface area contributed by atoms with Gasteiger partial charge in [0.2, 0.25) is 0 Å². The predicted octanol–water partition coefficient (Wildman–Crippen LogP) is 1.58. The number of carboxylic acid groups (broad SMARTS) is 1. The first-order chi connectivity index (χ1) is 6.22. The molecule has 0 amide bonds. The van der Waals surface area contributed by atoms with Crippen molar-refractivity contribution in [3.05, 3.63) is 0 Å². The molecule has 0 bridgehead atoms. The Hall–Kier alpha value is -0.570. The molecule has 1 unspecified atom stereocenters. The van der Waals surface area contributed by atoms with Gasteiger partial charge in [-0.2, -0.15) is 0 Å². The van der Waals surface area contributed by atoms with Crippen molar-refractivity contribution in [2.75, 3.05) is 19.6 Å². The molecule has 3 nitrogen and oxygen atoms in total. The van der Waals surface area contributed by atoms with Crippen molar-refractivity contribution in [2.45, 2.75) is 32.6 Å². The normalized spacial score (nSPS) is 25.5. The minimum atomic E-state index is -0.699. The van der Waals surface area contributed by atoms with Gasteiger partial charge in [0.15, 0.2) is 0 Å². The summed E-state index contributed by atoms with van der Waals surface area (Å²) in [6, 6.07) is 0. The fraction of sp³-hybridized carbons (Fsp3) is 0.900. The molecule has 1 heterocycles. The van der Waals surface area contributed by atoms with Crippen molar-refractivity contribution < 1.29 is 9.90 Å². The number of aliphatic carboxylic acids is 1. The molecular formula is C10H19NO2. The molecule has 0 saturated carbocycles. The van der Waals surface area contributed by atoms with Gasteiger partial charge in [0.1, 0.15) is 0 Å². The third-order valence-electron chi connectivity index (χ3n) is 2.88. The zero-order chi connectivity index (χ0) is 9.68. The Morgan fingerprint density at radius 2 is 2.23 bits per heavy atom. The molecule has 0 radical (unpaired) electrons. The van der Waals surface area contributed by atoms with Crippen LogP contribution in [0.15, 0.2) is 0 Å². The van der Waals surface area contributed by atoms with Gasteiger partial charge in [-0.15, -0.1) is 0 Å². The number of nitrogens with zero attached hydrogens (tertiary/aromatic N) is 1. The maximum atomic E-state index is 10.5. The summed E-state index contributed by atoms with van der Waals surface area (Å²) in [5.41, 5.74) is 0. The summed E-state index contributed by atoms with van der Waals surface area (Å²) >= 11 is 0. The molecule has 1 atom stereocenters. The second-order valence-electron chi connectivity index (χ2n) is 3.88. The molecule has 1 aliphatic heterocycles. The van der Waals surface area contributed by atoms with E-state index in [9.17, 15) is 4.79 Å². The molecule has 0 aromatic rings. The molecule has 13 heavy (non-hydrogen) atoms. The van der Waals surface area contributed by atoms with Crippen LogP contribution < -0.4 is 0 Å². The van der Waals surface area contributed by atoms with Crippen LogP contribution >= 0.6 is 0 Å². The third kappa shape index (κ3) is 3.77. The Bertz CT molecular complexity index is 170. The Morgan fingerprint density at radius 3 is 2.85 bits per heavy atom. The van der Waals surface area contributed by atoms with Gasteiger partial charge >= 0.3 is 5.97 Å². The molecule has 1 aliphatic rings. The molecule has 0 aromatic carbocycles. The van der Waals surface area contributed by atoms with Gasteiger partial charge in [-0.25, -0.2) is 0 Å². The van der Waals surface area contributed by atoms with Crippen LogP contribution in [0.5, 0.6) is 0 Å². The lowest BCUT2D eigenvalue weighted by Crippen LogP contribution is -2.30. The predicted molar refractivity (Wildman–Crippen MR) is 51.7 cm³/mol. The largest absolute Gasteiger partial charge is 0.480 e. The van der Waals surface area contributed by atoms with E-state index in [2.05, 4.69) is 11.8 Å². The van der Waals surface area contributed by atoms with E-state index in [1.807, 2.05) is 0 Å². The monoisotopic (exact) mass is 185 g/mol. The van der Waals surface area contributed by atoms with Crippen LogP contribution in [0.1, 0.15) is 32.6 Å². The van der Waals surface area contributed by atoms with Crippen molar-refractivity contribution >= 4 is 5.97 Å². The Morgan fingerprint density at radius 1 is 1.46 bits per heavy atom. The van der Waals surface area contributed by atoms with Crippen LogP contribution in [-0.4, -0.2) is 35.6 Å². The first kappa shape index (κ1) is 10.5. The average Bonchev–Trinajstić information content (AvgIpc) is 2.29. The molecule has 3 heteroatoms. The van der Waals surface area contributed by atoms with Gasteiger partial charge in [0.25, 0.3) is 0 Å². The molecule has 0 spiro atoms. The summed E-state index contributed by atoms with van der Waals surface area (Å²) in [7, 11) is 0. The van der Waals surface area contributed by atoms with E-state index >= 15 is 0 Å². The maximum Gasteiger partial charge on any atom is 0.317 e. The van der Waals surface area contributed by atoms with Crippen LogP contribution in [-0.2, 0) is 4.79 Å². The highest BCUT2D eigenvalue weighted by atomic mass is 16.4.